The van der Waals surface area contributed by atoms with Crippen LogP contribution in [0.25, 0.3) is 0 Å². The van der Waals surface area contributed by atoms with Crippen LogP contribution in [0.15, 0.2) is 18.2 Å². The third-order valence-corrected chi connectivity index (χ3v) is 1.68. The maximum atomic E-state index is 10.3. The van der Waals surface area contributed by atoms with Crippen molar-refractivity contribution in [2.75, 3.05) is 11.1 Å². The minimum absolute atomic E-state index is 0.568. The van der Waals surface area contributed by atoms with Crippen LogP contribution >= 0.6 is 0 Å². The molecule has 0 aromatic heterocycles. The smallest absolute Gasteiger partial charge is 0.226 e. The highest BCUT2D eigenvalue weighted by Gasteiger charge is 2.20. The normalized spacial score (nSPS) is 19.2. The van der Waals surface area contributed by atoms with Gasteiger partial charge in [-0.25, -0.2) is 0 Å². The van der Waals surface area contributed by atoms with Crippen molar-refractivity contribution in [2.45, 2.75) is 6.23 Å². The summed E-state index contributed by atoms with van der Waals surface area (Å²) < 4.78 is 5.18. The zero-order valence-electron chi connectivity index (χ0n) is 6.28. The van der Waals surface area contributed by atoms with Crippen molar-refractivity contribution in [1.82, 2.24) is 0 Å². The van der Waals surface area contributed by atoms with Crippen molar-refractivity contribution in [3.63, 3.8) is 0 Å². The molecular formula is C8H8N2O2. The molecule has 0 saturated heterocycles. The second kappa shape index (κ2) is 2.41. The summed E-state index contributed by atoms with van der Waals surface area (Å²) in [5.41, 5.74) is 6.96. The van der Waals surface area contributed by atoms with Crippen LogP contribution in [0, 0.1) is 0 Å². The van der Waals surface area contributed by atoms with E-state index in [1.807, 2.05) is 0 Å². The molecule has 1 aromatic rings. The fraction of sp³-hybridized carbons (Fsp3) is 0.125. The van der Waals surface area contributed by atoms with Crippen molar-refractivity contribution in [3.05, 3.63) is 18.2 Å². The number of benzene rings is 1. The molecule has 1 atom stereocenters. The summed E-state index contributed by atoms with van der Waals surface area (Å²) >= 11 is 0. The van der Waals surface area contributed by atoms with Gasteiger partial charge in [-0.2, -0.15) is 0 Å². The molecular weight excluding hydrogens is 156 g/mol. The lowest BCUT2D eigenvalue weighted by Crippen LogP contribution is -2.20. The summed E-state index contributed by atoms with van der Waals surface area (Å²) in [4.78, 5) is 10.3. The fourth-order valence-corrected chi connectivity index (χ4v) is 1.14. The van der Waals surface area contributed by atoms with E-state index in [0.717, 1.165) is 5.69 Å². The Labute approximate surface area is 69.3 Å². The first-order valence-corrected chi connectivity index (χ1v) is 3.57. The minimum Gasteiger partial charge on any atom is -0.461 e. The van der Waals surface area contributed by atoms with E-state index in [2.05, 4.69) is 5.32 Å². The number of ether oxygens (including phenoxy) is 1. The molecule has 62 valence electrons. The van der Waals surface area contributed by atoms with Gasteiger partial charge in [0.2, 0.25) is 6.23 Å². The Morgan fingerprint density at radius 3 is 3.17 bits per heavy atom. The average molecular weight is 164 g/mol. The molecule has 0 aliphatic carbocycles. The molecule has 1 unspecified atom stereocenters. The van der Waals surface area contributed by atoms with Crippen LogP contribution in [-0.4, -0.2) is 12.5 Å². The van der Waals surface area contributed by atoms with Gasteiger partial charge < -0.3 is 15.8 Å². The Balaban J connectivity index is 2.35. The summed E-state index contributed by atoms with van der Waals surface area (Å²) in [6, 6.07) is 5.22. The number of carbonyl (C=O) groups is 1. The van der Waals surface area contributed by atoms with Crippen molar-refractivity contribution in [2.24, 2.45) is 0 Å². The first-order valence-electron chi connectivity index (χ1n) is 3.57. The molecule has 4 nitrogen and oxygen atoms in total. The molecule has 0 radical (unpaired) electrons. The number of hydrogen-bond donors (Lipinski definition) is 2. The fourth-order valence-electron chi connectivity index (χ4n) is 1.14. The lowest BCUT2D eigenvalue weighted by Gasteiger charge is -1.99. The third-order valence-electron chi connectivity index (χ3n) is 1.68. The van der Waals surface area contributed by atoms with E-state index in [1.54, 1.807) is 18.2 Å². The molecule has 12 heavy (non-hydrogen) atoms. The second-order valence-corrected chi connectivity index (χ2v) is 2.57. The van der Waals surface area contributed by atoms with Gasteiger partial charge >= 0.3 is 0 Å². The Morgan fingerprint density at radius 2 is 2.42 bits per heavy atom. The van der Waals surface area contributed by atoms with Crippen molar-refractivity contribution < 1.29 is 9.53 Å². The van der Waals surface area contributed by atoms with E-state index in [1.165, 1.54) is 0 Å². The van der Waals surface area contributed by atoms with Gasteiger partial charge in [0.1, 0.15) is 5.75 Å². The molecule has 3 N–H and O–H groups in total. The zero-order chi connectivity index (χ0) is 8.55. The maximum absolute atomic E-state index is 10.3. The van der Waals surface area contributed by atoms with Gasteiger partial charge in [0.15, 0.2) is 6.29 Å². The van der Waals surface area contributed by atoms with E-state index in [9.17, 15) is 4.79 Å². The molecule has 0 spiro atoms. The van der Waals surface area contributed by atoms with Crippen LogP contribution in [0.1, 0.15) is 0 Å². The summed E-state index contributed by atoms with van der Waals surface area (Å²) in [5.74, 6) is 0.632. The first kappa shape index (κ1) is 6.97. The number of nitrogen functional groups attached to an aromatic ring is 1. The molecule has 1 heterocycles. The Kier molecular flexibility index (Phi) is 1.40. The van der Waals surface area contributed by atoms with Crippen LogP contribution in [0.3, 0.4) is 0 Å². The Bertz CT molecular complexity index is 325. The molecule has 0 bridgehead atoms. The standard InChI is InChI=1S/C8H8N2O2/c9-5-1-2-6-7(3-5)12-8(4-11)10-6/h1-4,8,10H,9H2. The topological polar surface area (TPSA) is 64.3 Å². The first-order chi connectivity index (χ1) is 5.79. The molecule has 4 heteroatoms. The van der Waals surface area contributed by atoms with E-state index < -0.39 is 6.23 Å². The lowest BCUT2D eigenvalue weighted by molar-refractivity contribution is -0.112. The third kappa shape index (κ3) is 0.972. The van der Waals surface area contributed by atoms with E-state index >= 15 is 0 Å². The summed E-state index contributed by atoms with van der Waals surface area (Å²) in [6.07, 6.45) is 0.137. The highest BCUT2D eigenvalue weighted by Crippen LogP contribution is 2.32. The summed E-state index contributed by atoms with van der Waals surface area (Å²) in [5, 5.41) is 2.87. The largest absolute Gasteiger partial charge is 0.461 e. The molecule has 1 aromatic carbocycles. The number of rotatable bonds is 1. The average Bonchev–Trinajstić information content (AvgIpc) is 2.46. The molecule has 1 aliphatic rings. The van der Waals surface area contributed by atoms with Crippen LogP contribution in [-0.2, 0) is 4.79 Å². The quantitative estimate of drug-likeness (QED) is 0.471. The highest BCUT2D eigenvalue weighted by molar-refractivity contribution is 5.72. The van der Waals surface area contributed by atoms with Gasteiger partial charge in [0.25, 0.3) is 0 Å². The number of nitrogens with two attached hydrogens (primary N) is 1. The van der Waals surface area contributed by atoms with Crippen LogP contribution in [0.5, 0.6) is 5.75 Å². The van der Waals surface area contributed by atoms with Crippen LogP contribution in [0.2, 0.25) is 0 Å². The zero-order valence-corrected chi connectivity index (χ0v) is 6.28. The van der Waals surface area contributed by atoms with Crippen molar-refractivity contribution >= 4 is 17.7 Å². The van der Waals surface area contributed by atoms with Crippen molar-refractivity contribution in [3.8, 4) is 5.75 Å². The molecule has 0 saturated carbocycles. The van der Waals surface area contributed by atoms with Gasteiger partial charge in [0.05, 0.1) is 5.69 Å². The van der Waals surface area contributed by atoms with Gasteiger partial charge in [-0.05, 0) is 12.1 Å². The van der Waals surface area contributed by atoms with Crippen LogP contribution < -0.4 is 15.8 Å². The van der Waals surface area contributed by atoms with E-state index in [0.29, 0.717) is 17.7 Å². The van der Waals surface area contributed by atoms with Gasteiger partial charge in [-0.1, -0.05) is 0 Å². The number of carbonyl (C=O) groups excluding carboxylic acids is 1. The van der Waals surface area contributed by atoms with Crippen molar-refractivity contribution in [1.29, 1.82) is 0 Å². The molecule has 0 fully saturated rings. The molecule has 1 aliphatic heterocycles. The van der Waals surface area contributed by atoms with Crippen LogP contribution in [0.4, 0.5) is 11.4 Å². The highest BCUT2D eigenvalue weighted by atomic mass is 16.5. The lowest BCUT2D eigenvalue weighted by atomic mass is 10.3. The van der Waals surface area contributed by atoms with Gasteiger partial charge in [0, 0.05) is 11.8 Å². The minimum atomic E-state index is -0.568. The number of fused-ring (bicyclic) bond motifs is 1. The molecule has 0 amide bonds. The summed E-state index contributed by atoms with van der Waals surface area (Å²) in [7, 11) is 0. The number of aldehydes is 1. The monoisotopic (exact) mass is 164 g/mol. The summed E-state index contributed by atoms with van der Waals surface area (Å²) in [6.45, 7) is 0. The van der Waals surface area contributed by atoms with E-state index in [-0.39, 0.29) is 0 Å². The number of nitrogens with one attached hydrogen (secondary N) is 1. The predicted molar refractivity (Wildman–Crippen MR) is 45.0 cm³/mol. The number of anilines is 2. The second-order valence-electron chi connectivity index (χ2n) is 2.57. The maximum Gasteiger partial charge on any atom is 0.226 e. The van der Waals surface area contributed by atoms with Gasteiger partial charge in [-0.3, -0.25) is 4.79 Å². The predicted octanol–water partition coefficient (Wildman–Crippen LogP) is 0.598. The SMILES string of the molecule is Nc1ccc2c(c1)OC(C=O)N2. The number of hydrogen-bond acceptors (Lipinski definition) is 4. The van der Waals surface area contributed by atoms with E-state index in [4.69, 9.17) is 10.5 Å². The Morgan fingerprint density at radius 1 is 1.58 bits per heavy atom. The molecule has 2 rings (SSSR count). The Hall–Kier alpha value is -1.71. The van der Waals surface area contributed by atoms with Gasteiger partial charge in [-0.15, -0.1) is 0 Å².